The SMILES string of the molecule is CCCC[N+](CCCC)(CCCC)CCCC.[O-][PH+](O)O[PH+]([O-])O.[O-][PH+](O)O[PH+]([O-])O.[O-][PH+](O)O[PH+]([O-])O.[O-][PH+](O)O[PH+]([O-])O.[Pt+2].[Pt+2]. The van der Waals surface area contributed by atoms with Crippen LogP contribution in [0.2, 0.25) is 0 Å². The summed E-state index contributed by atoms with van der Waals surface area (Å²) >= 11 is 0. The molecule has 0 aromatic rings. The molecule has 0 saturated carbocycles. The Hall–Kier alpha value is 3.98. The van der Waals surface area contributed by atoms with Gasteiger partial charge in [-0.05, 0) is 25.7 Å². The minimum atomic E-state index is -3.20. The maximum Gasteiger partial charge on any atom is 2.00 e. The van der Waals surface area contributed by atoms with E-state index in [9.17, 15) is 39.1 Å². The predicted octanol–water partition coefficient (Wildman–Crippen LogP) is -4.49. The van der Waals surface area contributed by atoms with Gasteiger partial charge in [0.25, 0.3) is 68.8 Å². The van der Waals surface area contributed by atoms with E-state index in [1.165, 1.54) is 82.0 Å². The van der Waals surface area contributed by atoms with Crippen molar-refractivity contribution in [2.24, 2.45) is 0 Å². The molecule has 0 rings (SSSR count). The van der Waals surface area contributed by atoms with Crippen molar-refractivity contribution in [1.29, 1.82) is 0 Å². The summed E-state index contributed by atoms with van der Waals surface area (Å²) in [6.07, 6.45) is 11.1. The molecule has 0 aromatic heterocycles. The summed E-state index contributed by atoms with van der Waals surface area (Å²) < 4.78 is 15.2. The zero-order valence-corrected chi connectivity index (χ0v) is 38.6. The van der Waals surface area contributed by atoms with Crippen molar-refractivity contribution in [3.8, 4) is 0 Å². The quantitative estimate of drug-likeness (QED) is 0.0421. The van der Waals surface area contributed by atoms with Crippen molar-refractivity contribution < 1.29 is 142 Å². The first-order valence-corrected chi connectivity index (χ1v) is 23.3. The second-order valence-corrected chi connectivity index (χ2v) is 15.7. The van der Waals surface area contributed by atoms with Gasteiger partial charge in [0.15, 0.2) is 0 Å². The molecule has 0 fully saturated rings. The summed E-state index contributed by atoms with van der Waals surface area (Å²) in [5, 5.41) is 0. The van der Waals surface area contributed by atoms with Gasteiger partial charge in [-0.1, -0.05) is 70.6 Å². The van der Waals surface area contributed by atoms with Gasteiger partial charge in [0.1, 0.15) is 0 Å². The summed E-state index contributed by atoms with van der Waals surface area (Å²) in [6, 6.07) is 0. The van der Waals surface area contributed by atoms with Crippen molar-refractivity contribution in [1.82, 2.24) is 0 Å². The van der Waals surface area contributed by atoms with Gasteiger partial charge < -0.3 is 43.6 Å². The molecule has 0 aliphatic rings. The Morgan fingerprint density at radius 1 is 0.362 bits per heavy atom. The molecule has 0 radical (unpaired) electrons. The average Bonchev–Trinajstić information content (AvgIpc) is 2.86. The van der Waals surface area contributed by atoms with Gasteiger partial charge in [0.05, 0.1) is 26.2 Å². The number of rotatable bonds is 20. The molecule has 8 atom stereocenters. The Balaban J connectivity index is -0.0000000907. The third-order valence-corrected chi connectivity index (χ3v) is 10.2. The second kappa shape index (κ2) is 48.0. The zero-order valence-electron chi connectivity index (χ0n) is 26.0. The van der Waals surface area contributed by atoms with Gasteiger partial charge in [-0.15, -0.1) is 0 Å². The Kier molecular flexibility index (Phi) is 67.2. The second-order valence-electron chi connectivity index (χ2n) is 8.19. The minimum Gasteiger partial charge on any atom is -0.630 e. The first kappa shape index (κ1) is 65.8. The smallest absolute Gasteiger partial charge is 0.630 e. The fourth-order valence-corrected chi connectivity index (χ4v) is 5.33. The van der Waals surface area contributed by atoms with Crippen molar-refractivity contribution in [3.63, 3.8) is 0 Å². The molecule has 8 N–H and O–H groups in total. The maximum absolute atomic E-state index is 9.44. The number of quaternary nitrogens is 1. The van der Waals surface area contributed by atoms with Gasteiger partial charge in [0.2, 0.25) is 0 Å². The van der Waals surface area contributed by atoms with Crippen LogP contribution < -0.4 is 39.1 Å². The molecule has 0 aliphatic carbocycles. The normalized spacial score (nSPS) is 15.6. The summed E-state index contributed by atoms with van der Waals surface area (Å²) in [5.74, 6) is 0. The first-order valence-electron chi connectivity index (χ1n) is 13.1. The average molecular weight is 1220 g/mol. The van der Waals surface area contributed by atoms with Crippen molar-refractivity contribution in [2.45, 2.75) is 79.1 Å². The van der Waals surface area contributed by atoms with E-state index in [4.69, 9.17) is 39.1 Å². The van der Waals surface area contributed by atoms with E-state index in [1.54, 1.807) is 0 Å². The zero-order chi connectivity index (χ0) is 36.4. The van der Waals surface area contributed by atoms with Crippen molar-refractivity contribution in [3.05, 3.63) is 0 Å². The van der Waals surface area contributed by atoms with E-state index < -0.39 is 68.8 Å². The largest absolute Gasteiger partial charge is 2.00 e. The Morgan fingerprint density at radius 3 is 0.553 bits per heavy atom. The van der Waals surface area contributed by atoms with E-state index in [0.717, 1.165) is 0 Å². The van der Waals surface area contributed by atoms with E-state index in [0.29, 0.717) is 0 Å². The molecule has 0 aromatic carbocycles. The Bertz CT molecular complexity index is 457. The predicted molar refractivity (Wildman–Crippen MR) is 168 cm³/mol. The van der Waals surface area contributed by atoms with Crippen molar-refractivity contribution in [2.75, 3.05) is 26.2 Å². The van der Waals surface area contributed by atoms with Gasteiger partial charge in [0, 0.05) is 0 Å². The molecule has 0 spiro atoms. The standard InChI is InChI=1S/C16H36N.4H4O5P2.2Pt/c1-5-9-13-17(14-10-6-2,15-11-7-3)16-12-8-4;4*1-6(2)5-7(3)4;;/h5-16H2,1-4H3;4*1,3,6-7H;;/q+1;;;;;2*+2. The van der Waals surface area contributed by atoms with E-state index in [2.05, 4.69) is 44.9 Å². The summed E-state index contributed by atoms with van der Waals surface area (Å²) in [7, 11) is -25.6. The van der Waals surface area contributed by atoms with Gasteiger partial charge in [-0.3, -0.25) is 0 Å². The molecule has 0 aliphatic heterocycles. The molecule has 0 bridgehead atoms. The van der Waals surface area contributed by atoms with Crippen LogP contribution in [0.25, 0.3) is 0 Å². The van der Waals surface area contributed by atoms with Crippen molar-refractivity contribution >= 4 is 68.8 Å². The van der Waals surface area contributed by atoms with Crippen LogP contribution in [0.1, 0.15) is 79.1 Å². The molecule has 47 heavy (non-hydrogen) atoms. The molecule has 21 nitrogen and oxygen atoms in total. The van der Waals surface area contributed by atoms with E-state index in [-0.39, 0.29) is 42.1 Å². The van der Waals surface area contributed by atoms with E-state index >= 15 is 0 Å². The van der Waals surface area contributed by atoms with Crippen LogP contribution in [0, 0.1) is 0 Å². The van der Waals surface area contributed by atoms with Crippen LogP contribution >= 0.6 is 68.8 Å². The third kappa shape index (κ3) is 72.0. The number of unbranched alkanes of at least 4 members (excludes halogenated alkanes) is 4. The van der Waals surface area contributed by atoms with Crippen LogP contribution in [0.15, 0.2) is 0 Å². The molecular formula is C16H52NO20P8Pt2+5. The Labute approximate surface area is 314 Å². The minimum absolute atomic E-state index is 0. The molecule has 8 unspecified atom stereocenters. The summed E-state index contributed by atoms with van der Waals surface area (Å²) in [6.45, 7) is 15.0. The summed E-state index contributed by atoms with van der Waals surface area (Å²) in [4.78, 5) is 137. The fourth-order valence-electron chi connectivity index (χ4n) is 2.94. The van der Waals surface area contributed by atoms with Gasteiger partial charge >= 0.3 is 42.1 Å². The molecular weight excluding hydrogens is 1160 g/mol. The van der Waals surface area contributed by atoms with Crippen LogP contribution in [0.4, 0.5) is 0 Å². The molecule has 296 valence electrons. The molecule has 0 saturated heterocycles. The molecule has 31 heteroatoms. The molecule has 0 amide bonds. The Morgan fingerprint density at radius 2 is 0.489 bits per heavy atom. The number of hydrogen-bond acceptors (Lipinski definition) is 20. The molecule has 0 heterocycles. The summed E-state index contributed by atoms with van der Waals surface area (Å²) in [5.41, 5.74) is 0. The van der Waals surface area contributed by atoms with Crippen LogP contribution in [-0.2, 0) is 59.4 Å². The topological polar surface area (TPSA) is 383 Å². The van der Waals surface area contributed by atoms with Crippen LogP contribution in [0.3, 0.4) is 0 Å². The number of hydrogen-bond donors (Lipinski definition) is 8. The maximum atomic E-state index is 9.44. The number of nitrogens with zero attached hydrogens (tertiary/aromatic N) is 1. The van der Waals surface area contributed by atoms with Gasteiger partial charge in [-0.25, -0.2) is 39.1 Å². The fraction of sp³-hybridized carbons (Fsp3) is 1.00. The van der Waals surface area contributed by atoms with E-state index in [1.807, 2.05) is 0 Å². The van der Waals surface area contributed by atoms with Crippen LogP contribution in [-0.4, -0.2) is 69.8 Å². The monoisotopic (exact) mass is 1220 g/mol. The van der Waals surface area contributed by atoms with Crippen LogP contribution in [0.5, 0.6) is 0 Å². The van der Waals surface area contributed by atoms with Gasteiger partial charge in [-0.2, -0.15) is 0 Å². The third-order valence-electron chi connectivity index (χ3n) is 4.64. The first-order chi connectivity index (χ1) is 20.7.